The molecule has 4 aromatic rings. The lowest BCUT2D eigenvalue weighted by molar-refractivity contribution is -0.142. The number of primary amides is 6. The molecule has 14 atom stereocenters. The third-order valence-corrected chi connectivity index (χ3v) is 27.9. The van der Waals surface area contributed by atoms with Crippen molar-refractivity contribution in [2.24, 2.45) is 45.9 Å². The summed E-state index contributed by atoms with van der Waals surface area (Å²) >= 11 is 0. The lowest BCUT2D eigenvalue weighted by atomic mass is 10.0. The molecule has 0 aliphatic carbocycles. The van der Waals surface area contributed by atoms with Gasteiger partial charge in [0, 0.05) is 101 Å². The molecule has 3 aliphatic heterocycles. The summed E-state index contributed by atoms with van der Waals surface area (Å²) in [5.41, 5.74) is 45.8. The summed E-state index contributed by atoms with van der Waals surface area (Å²) in [6.45, 7) is -1.51. The molecule has 7 rings (SSSR count). The van der Waals surface area contributed by atoms with Crippen molar-refractivity contribution in [3.63, 3.8) is 0 Å². The number of hydrogen-bond acceptors (Lipinski definition) is 30. The number of phenols is 2. The summed E-state index contributed by atoms with van der Waals surface area (Å²) in [6.07, 6.45) is -6.70. The van der Waals surface area contributed by atoms with Crippen LogP contribution in [-0.2, 0) is 131 Å². The molecule has 0 unspecified atom stereocenters. The zero-order valence-electron chi connectivity index (χ0n) is 80.7. The molecule has 36 N–H and O–H groups in total. The Labute approximate surface area is 865 Å². The number of nitrogens with two attached hydrogens (primary N) is 8. The van der Waals surface area contributed by atoms with Gasteiger partial charge in [-0.2, -0.15) is 0 Å². The van der Waals surface area contributed by atoms with E-state index in [0.717, 1.165) is 53.0 Å². The van der Waals surface area contributed by atoms with Crippen LogP contribution in [0.3, 0.4) is 0 Å². The fourth-order valence-electron chi connectivity index (χ4n) is 15.6. The van der Waals surface area contributed by atoms with E-state index in [0.29, 0.717) is 22.3 Å². The molecule has 0 aromatic heterocycles. The van der Waals surface area contributed by atoms with Crippen LogP contribution in [0.15, 0.2) is 109 Å². The van der Waals surface area contributed by atoms with Gasteiger partial charge in [-0.1, -0.05) is 128 Å². The quantitative estimate of drug-likeness (QED) is 0.00858. The summed E-state index contributed by atoms with van der Waals surface area (Å²) in [7, 11) is 3.57. The SMILES string of the molecule is N=C(N)NCCC[C@@H](NC(=O)[C@@H]1CCCN1C(=O)[C@@H]1CSSCCC(=O)N[C@@H](Cc2ccc(O)cc2)C(=O)N[C@@H](Cc2ccccc2)C(=O)N[C@@H](CCC(N)=O)C(=O)N[C@@H](CC(N)=O)C(=O)N[C@H](C(=O)N2CCC[C@H]2C(=O)N[C@H](CCCNC(=N)N)C(=O)NCC(N)=O)CSSCCC(=O)N[C@@H](Cc2ccc(O)cc2)C(=O)N[C@@H](Cc2ccccc2)C(=O)N[C@@H](CCC(N)=O)C(=O)N[C@@H](CC(N)=O)C(=O)N1)C(=O)NCC(N)=O. The fourth-order valence-corrected chi connectivity index (χ4v) is 19.9. The van der Waals surface area contributed by atoms with E-state index in [1.165, 1.54) is 48.5 Å². The van der Waals surface area contributed by atoms with Crippen LogP contribution in [-0.4, -0.2) is 309 Å². The highest BCUT2D eigenvalue weighted by Crippen LogP contribution is 2.29. The maximum Gasteiger partial charge on any atom is 0.246 e. The Morgan fingerprint density at radius 1 is 0.365 bits per heavy atom. The molecule has 3 fully saturated rings. The minimum atomic E-state index is -2.06. The molecule has 0 saturated carbocycles. The van der Waals surface area contributed by atoms with Gasteiger partial charge in [-0.15, -0.1) is 0 Å². The Morgan fingerprint density at radius 3 is 0.986 bits per heavy atom. The van der Waals surface area contributed by atoms with E-state index >= 15 is 38.4 Å². The number of likely N-dealkylation sites (tertiary alicyclic amines) is 2. The molecular weight excluding hydrogens is 2010 g/mol. The van der Waals surface area contributed by atoms with Gasteiger partial charge < -0.3 is 151 Å². The van der Waals surface area contributed by atoms with Crippen molar-refractivity contribution in [2.75, 3.05) is 62.3 Å². The Hall–Kier alpha value is -15.2. The number of carbonyl (C=O) groups excluding carboxylic acids is 22. The first-order valence-corrected chi connectivity index (χ1v) is 52.1. The van der Waals surface area contributed by atoms with Crippen LogP contribution in [0.5, 0.6) is 11.5 Å². The normalized spacial score (nSPS) is 21.7. The van der Waals surface area contributed by atoms with E-state index in [4.69, 9.17) is 56.7 Å². The number of phenolic OH excluding ortho intramolecular Hbond substituents is 2. The molecule has 52 nitrogen and oxygen atoms in total. The summed E-state index contributed by atoms with van der Waals surface area (Å²) in [5.74, 6) is -25.4. The second-order valence-electron chi connectivity index (χ2n) is 34.7. The third-order valence-electron chi connectivity index (χ3n) is 23.1. The number of nitrogens with zero attached hydrogens (tertiary/aromatic N) is 2. The van der Waals surface area contributed by atoms with Gasteiger partial charge in [0.2, 0.25) is 130 Å². The number of aromatic hydroxyl groups is 2. The summed E-state index contributed by atoms with van der Waals surface area (Å²) in [5, 5.41) is 76.2. The van der Waals surface area contributed by atoms with E-state index in [9.17, 15) is 77.3 Å². The highest BCUT2D eigenvalue weighted by molar-refractivity contribution is 8.77. The van der Waals surface area contributed by atoms with Crippen molar-refractivity contribution in [1.29, 1.82) is 10.8 Å². The highest BCUT2D eigenvalue weighted by atomic mass is 33.1. The van der Waals surface area contributed by atoms with Crippen LogP contribution in [0.2, 0.25) is 0 Å². The van der Waals surface area contributed by atoms with Crippen LogP contribution in [0, 0.1) is 10.8 Å². The van der Waals surface area contributed by atoms with Gasteiger partial charge in [0.15, 0.2) is 11.9 Å². The average Bonchev–Trinajstić information content (AvgIpc) is 1.65. The number of hydrogen-bond donors (Lipinski definition) is 28. The second-order valence-corrected chi connectivity index (χ2v) is 40.0. The van der Waals surface area contributed by atoms with E-state index in [-0.39, 0.29) is 126 Å². The molecule has 3 heterocycles. The van der Waals surface area contributed by atoms with E-state index in [1.54, 1.807) is 60.7 Å². The standard InChI is InChI=1S/C92H128N28O24S4/c93-69(123)29-27-57-79(133)115-63(43-71(95)125)85(139)117-65(89(143)119-35-9-17-67(119)87(141)111-55(15-7-33-103-91(99)100)77(131)105-45-73(97)127)47-148-146-38-32-76(130)108-60(42-52-21-25-54(122)26-22-52)82(136)114-62(40-50-13-5-2-6-14-50)84(138)110-58(28-30-70(94)124)80(134)116-64(44-72(96)126)86(140)118-66(90(144)120-36-10-18-68(120)88(142)112-56(16-8-34-104-92(101)102)78(132)106-46-74(98)128)48-147-145-37-31-75(129)107-59(41-51-19-23-53(121)24-20-51)81(135)113-61(83(137)109-57)39-49-11-3-1-4-12-49/h1-6,11-14,19-26,55-68,121-122H,7-10,15-18,27-48H2,(H2,93,123)(H2,94,124)(H2,95,125)(H2,96,126)(H2,97,127)(H2,98,128)(H,105,131)(H,106,132)(H,107,129)(H,108,130)(H,109,137)(H,110,138)(H,111,141)(H,112,142)(H,113,135)(H,114,136)(H,115,133)(H,116,134)(H,117,139)(H,118,140)(H4,99,100,103)(H4,101,102,104)/t55-,56-,57+,58+,59+,60+,61+,62+,63+,64+,65+,66+,67+,68+/m1/s1. The molecule has 3 saturated heterocycles. The third kappa shape index (κ3) is 42.8. The van der Waals surface area contributed by atoms with Crippen molar-refractivity contribution in [1.82, 2.24) is 94.9 Å². The number of amides is 22. The number of carbonyl (C=O) groups is 22. The van der Waals surface area contributed by atoms with Gasteiger partial charge in [-0.3, -0.25) is 116 Å². The number of benzene rings is 4. The van der Waals surface area contributed by atoms with Gasteiger partial charge in [0.05, 0.1) is 25.9 Å². The smallest absolute Gasteiger partial charge is 0.246 e. The van der Waals surface area contributed by atoms with Crippen LogP contribution < -0.4 is 131 Å². The zero-order valence-corrected chi connectivity index (χ0v) is 84.0. The van der Waals surface area contributed by atoms with Crippen LogP contribution >= 0.6 is 43.2 Å². The molecule has 56 heteroatoms. The molecule has 0 bridgehead atoms. The lowest BCUT2D eigenvalue weighted by Gasteiger charge is -2.31. The molecule has 3 aliphatic rings. The molecule has 0 radical (unpaired) electrons. The zero-order chi connectivity index (χ0) is 109. The first kappa shape index (κ1) is 120. The van der Waals surface area contributed by atoms with Gasteiger partial charge in [-0.25, -0.2) is 0 Å². The van der Waals surface area contributed by atoms with Crippen LogP contribution in [0.1, 0.15) is 125 Å². The van der Waals surface area contributed by atoms with E-state index in [2.05, 4.69) is 85.1 Å². The Kier molecular flexibility index (Phi) is 50.1. The van der Waals surface area contributed by atoms with Crippen molar-refractivity contribution in [2.45, 2.75) is 213 Å². The van der Waals surface area contributed by atoms with Gasteiger partial charge in [0.1, 0.15) is 96.1 Å². The first-order chi connectivity index (χ1) is 70.4. The number of rotatable bonds is 38. The first-order valence-electron chi connectivity index (χ1n) is 47.2. The van der Waals surface area contributed by atoms with Crippen LogP contribution in [0.4, 0.5) is 0 Å². The Morgan fingerprint density at radius 2 is 0.669 bits per heavy atom. The molecule has 148 heavy (non-hydrogen) atoms. The highest BCUT2D eigenvalue weighted by Gasteiger charge is 2.44. The predicted octanol–water partition coefficient (Wildman–Crippen LogP) is -8.26. The van der Waals surface area contributed by atoms with Gasteiger partial charge in [-0.05, 0) is 111 Å². The average molecular weight is 2140 g/mol. The van der Waals surface area contributed by atoms with Crippen molar-refractivity contribution in [3.8, 4) is 11.5 Å². The van der Waals surface area contributed by atoms with Gasteiger partial charge in [0.25, 0.3) is 0 Å². The molecule has 22 amide bonds. The number of nitrogens with one attached hydrogen (secondary N) is 18. The fraction of sp³-hybridized carbons (Fsp3) is 0.478. The molecule has 4 aromatic carbocycles. The Bertz CT molecular complexity index is 5060. The molecule has 804 valence electrons. The Balaban J connectivity index is 1.31. The van der Waals surface area contributed by atoms with E-state index in [1.807, 2.05) is 0 Å². The molecule has 0 spiro atoms. The van der Waals surface area contributed by atoms with Crippen LogP contribution in [0.25, 0.3) is 0 Å². The van der Waals surface area contributed by atoms with Gasteiger partial charge >= 0.3 is 0 Å². The van der Waals surface area contributed by atoms with Crippen molar-refractivity contribution in [3.05, 3.63) is 131 Å². The minimum absolute atomic E-state index is 0.0382. The maximum absolute atomic E-state index is 15.3. The maximum atomic E-state index is 15.3. The summed E-state index contributed by atoms with van der Waals surface area (Å²) < 4.78 is 0. The molecular formula is C92H128N28O24S4. The number of guanidine groups is 2. The second kappa shape index (κ2) is 61.9. The summed E-state index contributed by atoms with van der Waals surface area (Å²) in [4.78, 5) is 314. The minimum Gasteiger partial charge on any atom is -0.508 e. The monoisotopic (exact) mass is 2140 g/mol. The van der Waals surface area contributed by atoms with E-state index < -0.39 is 302 Å². The largest absolute Gasteiger partial charge is 0.508 e. The van der Waals surface area contributed by atoms with Crippen molar-refractivity contribution >= 4 is 185 Å². The van der Waals surface area contributed by atoms with Crippen molar-refractivity contribution < 1.29 is 116 Å². The summed E-state index contributed by atoms with van der Waals surface area (Å²) in [6, 6.07) is 3.26. The topological polar surface area (TPSA) is 871 Å². The predicted molar refractivity (Wildman–Crippen MR) is 543 cm³/mol. The lowest BCUT2D eigenvalue weighted by Crippen LogP contribution is -2.61.